The molecule has 1 N–H and O–H groups in total. The molecule has 0 bridgehead atoms. The Balaban J connectivity index is 1.68. The maximum atomic E-state index is 12.3. The maximum absolute atomic E-state index is 12.3. The summed E-state index contributed by atoms with van der Waals surface area (Å²) in [5.41, 5.74) is 3.96. The predicted octanol–water partition coefficient (Wildman–Crippen LogP) is 8.66. The number of halogens is 1. The van der Waals surface area contributed by atoms with Gasteiger partial charge in [0.2, 0.25) is 0 Å². The Morgan fingerprint density at radius 2 is 1.47 bits per heavy atom. The highest BCUT2D eigenvalue weighted by molar-refractivity contribution is 6.39. The molecule has 7 aromatic rings. The molecule has 4 nitrogen and oxygen atoms in total. The Morgan fingerprint density at radius 1 is 0.706 bits per heavy atom. The molecule has 5 heteroatoms. The first kappa shape index (κ1) is 19.2. The summed E-state index contributed by atoms with van der Waals surface area (Å²) in [6.45, 7) is 0. The van der Waals surface area contributed by atoms with Gasteiger partial charge in [-0.3, -0.25) is 0 Å². The normalized spacial score (nSPS) is 11.9. The zero-order valence-electron chi connectivity index (χ0n) is 17.6. The number of rotatable bonds is 2. The van der Waals surface area contributed by atoms with Crippen LogP contribution < -0.4 is 0 Å². The zero-order chi connectivity index (χ0) is 23.0. The SMILES string of the molecule is O=C(O)c1ccc2oc3ccccc3c2c1-c1ccc(Cl)c2c1oc1cc3ccccc3cc12. The highest BCUT2D eigenvalue weighted by Gasteiger charge is 2.24. The van der Waals surface area contributed by atoms with Gasteiger partial charge in [-0.25, -0.2) is 4.79 Å². The van der Waals surface area contributed by atoms with Gasteiger partial charge in [-0.1, -0.05) is 54.1 Å². The minimum atomic E-state index is -1.02. The summed E-state index contributed by atoms with van der Waals surface area (Å²) in [5, 5.41) is 16.0. The molecule has 0 amide bonds. The van der Waals surface area contributed by atoms with Gasteiger partial charge in [0, 0.05) is 32.7 Å². The highest BCUT2D eigenvalue weighted by Crippen LogP contribution is 2.45. The van der Waals surface area contributed by atoms with Crippen LogP contribution in [0.25, 0.3) is 65.8 Å². The Bertz CT molecular complexity index is 1960. The van der Waals surface area contributed by atoms with Gasteiger partial charge >= 0.3 is 5.97 Å². The van der Waals surface area contributed by atoms with E-state index in [4.69, 9.17) is 20.4 Å². The average molecular weight is 463 g/mol. The average Bonchev–Trinajstić information content (AvgIpc) is 3.41. The van der Waals surface area contributed by atoms with Gasteiger partial charge in [-0.2, -0.15) is 0 Å². The van der Waals surface area contributed by atoms with Crippen molar-refractivity contribution in [3.8, 4) is 11.1 Å². The van der Waals surface area contributed by atoms with Crippen molar-refractivity contribution in [1.29, 1.82) is 0 Å². The van der Waals surface area contributed by atoms with Crippen LogP contribution in [0.4, 0.5) is 0 Å². The van der Waals surface area contributed by atoms with Crippen molar-refractivity contribution in [2.75, 3.05) is 0 Å². The fourth-order valence-corrected chi connectivity index (χ4v) is 5.25. The van der Waals surface area contributed by atoms with Crippen LogP contribution in [0.2, 0.25) is 5.02 Å². The molecule has 7 rings (SSSR count). The number of furan rings is 2. The third-order valence-corrected chi connectivity index (χ3v) is 6.79. The molecule has 0 fully saturated rings. The molecule has 34 heavy (non-hydrogen) atoms. The molecular weight excluding hydrogens is 448 g/mol. The molecule has 5 aromatic carbocycles. The number of hydrogen-bond donors (Lipinski definition) is 1. The van der Waals surface area contributed by atoms with E-state index in [2.05, 4.69) is 6.07 Å². The minimum Gasteiger partial charge on any atom is -0.478 e. The topological polar surface area (TPSA) is 63.6 Å². The second-order valence-corrected chi connectivity index (χ2v) is 8.77. The van der Waals surface area contributed by atoms with E-state index < -0.39 is 5.97 Å². The molecule has 162 valence electrons. The lowest BCUT2D eigenvalue weighted by atomic mass is 9.93. The first-order valence-corrected chi connectivity index (χ1v) is 11.2. The van der Waals surface area contributed by atoms with Crippen LogP contribution >= 0.6 is 11.6 Å². The summed E-state index contributed by atoms with van der Waals surface area (Å²) in [7, 11) is 0. The number of para-hydroxylation sites is 1. The summed E-state index contributed by atoms with van der Waals surface area (Å²) in [4.78, 5) is 12.3. The first-order valence-electron chi connectivity index (χ1n) is 10.8. The summed E-state index contributed by atoms with van der Waals surface area (Å²) in [6, 6.07) is 26.7. The van der Waals surface area contributed by atoms with Crippen molar-refractivity contribution in [1.82, 2.24) is 0 Å². The first-order chi connectivity index (χ1) is 16.6. The molecule has 0 spiro atoms. The lowest BCUT2D eigenvalue weighted by Gasteiger charge is -2.10. The molecule has 0 saturated carbocycles. The summed E-state index contributed by atoms with van der Waals surface area (Å²) < 4.78 is 12.4. The van der Waals surface area contributed by atoms with Crippen LogP contribution in [0.1, 0.15) is 10.4 Å². The van der Waals surface area contributed by atoms with Crippen LogP contribution in [-0.4, -0.2) is 11.1 Å². The van der Waals surface area contributed by atoms with E-state index in [0.717, 1.165) is 32.3 Å². The molecular formula is C29H15ClO4. The Kier molecular flexibility index (Phi) is 3.88. The van der Waals surface area contributed by atoms with Gasteiger partial charge in [0.15, 0.2) is 0 Å². The van der Waals surface area contributed by atoms with Crippen molar-refractivity contribution in [3.63, 3.8) is 0 Å². The third kappa shape index (κ3) is 2.57. The van der Waals surface area contributed by atoms with Gasteiger partial charge in [0.05, 0.1) is 10.6 Å². The molecule has 0 radical (unpaired) electrons. The third-order valence-electron chi connectivity index (χ3n) is 6.48. The van der Waals surface area contributed by atoms with Crippen molar-refractivity contribution in [2.24, 2.45) is 0 Å². The fraction of sp³-hybridized carbons (Fsp3) is 0. The van der Waals surface area contributed by atoms with E-state index in [9.17, 15) is 9.90 Å². The number of benzene rings is 5. The Morgan fingerprint density at radius 3 is 2.29 bits per heavy atom. The van der Waals surface area contributed by atoms with Gasteiger partial charge < -0.3 is 13.9 Å². The largest absolute Gasteiger partial charge is 0.478 e. The molecule has 0 aliphatic carbocycles. The lowest BCUT2D eigenvalue weighted by molar-refractivity contribution is 0.0698. The van der Waals surface area contributed by atoms with Crippen molar-refractivity contribution < 1.29 is 18.7 Å². The van der Waals surface area contributed by atoms with Gasteiger partial charge in [0.25, 0.3) is 0 Å². The molecule has 0 unspecified atom stereocenters. The van der Waals surface area contributed by atoms with Crippen LogP contribution in [0.15, 0.2) is 93.8 Å². The number of carboxylic acid groups (broad SMARTS) is 1. The number of aromatic carboxylic acids is 1. The Hall–Kier alpha value is -4.28. The standard InChI is InChI=1S/C29H15ClO4/c30-21-11-9-18(28-26(21)20-13-15-5-1-2-6-16(15)14-24(20)34-28)25-19(29(31)32)10-12-23-27(25)17-7-3-4-8-22(17)33-23/h1-14H,(H,31,32). The predicted molar refractivity (Wildman–Crippen MR) is 136 cm³/mol. The summed E-state index contributed by atoms with van der Waals surface area (Å²) in [5.74, 6) is -1.02. The maximum Gasteiger partial charge on any atom is 0.336 e. The van der Waals surface area contributed by atoms with E-state index in [-0.39, 0.29) is 5.56 Å². The minimum absolute atomic E-state index is 0.174. The molecule has 2 heterocycles. The van der Waals surface area contributed by atoms with Gasteiger partial charge in [0.1, 0.15) is 22.3 Å². The monoisotopic (exact) mass is 462 g/mol. The lowest BCUT2D eigenvalue weighted by Crippen LogP contribution is -2.00. The van der Waals surface area contributed by atoms with Crippen LogP contribution in [0, 0.1) is 0 Å². The molecule has 0 saturated heterocycles. The number of fused-ring (bicyclic) bond motifs is 7. The Labute approximate surface area is 197 Å². The molecule has 0 atom stereocenters. The fourth-order valence-electron chi connectivity index (χ4n) is 5.00. The molecule has 0 aliphatic heterocycles. The van der Waals surface area contributed by atoms with Crippen LogP contribution in [0.3, 0.4) is 0 Å². The van der Waals surface area contributed by atoms with Crippen LogP contribution in [0.5, 0.6) is 0 Å². The molecule has 2 aromatic heterocycles. The van der Waals surface area contributed by atoms with Gasteiger partial charge in [-0.05, 0) is 53.2 Å². The quantitative estimate of drug-likeness (QED) is 0.279. The smallest absolute Gasteiger partial charge is 0.336 e. The van der Waals surface area contributed by atoms with E-state index >= 15 is 0 Å². The summed E-state index contributed by atoms with van der Waals surface area (Å²) in [6.07, 6.45) is 0. The van der Waals surface area contributed by atoms with E-state index in [1.807, 2.05) is 60.7 Å². The van der Waals surface area contributed by atoms with Crippen molar-refractivity contribution in [2.45, 2.75) is 0 Å². The number of hydrogen-bond acceptors (Lipinski definition) is 3. The summed E-state index contributed by atoms with van der Waals surface area (Å²) >= 11 is 6.69. The van der Waals surface area contributed by atoms with Crippen LogP contribution in [-0.2, 0) is 0 Å². The number of carboxylic acids is 1. The van der Waals surface area contributed by atoms with Crippen molar-refractivity contribution >= 4 is 72.2 Å². The van der Waals surface area contributed by atoms with E-state index in [1.165, 1.54) is 0 Å². The molecule has 0 aliphatic rings. The zero-order valence-corrected chi connectivity index (χ0v) is 18.4. The van der Waals surface area contributed by atoms with Crippen molar-refractivity contribution in [3.05, 3.63) is 95.5 Å². The second-order valence-electron chi connectivity index (χ2n) is 8.36. The van der Waals surface area contributed by atoms with E-state index in [0.29, 0.717) is 38.5 Å². The highest BCUT2D eigenvalue weighted by atomic mass is 35.5. The second kappa shape index (κ2) is 6.86. The number of carbonyl (C=O) groups is 1. The van der Waals surface area contributed by atoms with Gasteiger partial charge in [-0.15, -0.1) is 0 Å². The van der Waals surface area contributed by atoms with E-state index in [1.54, 1.807) is 18.2 Å².